The summed E-state index contributed by atoms with van der Waals surface area (Å²) in [7, 11) is 0. The van der Waals surface area contributed by atoms with Gasteiger partial charge in [0.15, 0.2) is 0 Å². The first-order valence-electron chi connectivity index (χ1n) is 5.50. The van der Waals surface area contributed by atoms with Gasteiger partial charge in [0.1, 0.15) is 5.69 Å². The van der Waals surface area contributed by atoms with Crippen LogP contribution in [0.4, 0.5) is 5.69 Å². The van der Waals surface area contributed by atoms with Crippen molar-refractivity contribution in [2.75, 3.05) is 5.73 Å². The number of rotatable bonds is 2. The largest absolute Gasteiger partial charge is 0.397 e. The maximum absolute atomic E-state index is 6.05. The summed E-state index contributed by atoms with van der Waals surface area (Å²) in [6, 6.07) is 3.24. The molecule has 0 amide bonds. The molecule has 100 valence electrons. The molecule has 0 saturated heterocycles. The molecule has 20 heavy (non-hydrogen) atoms. The van der Waals surface area contributed by atoms with E-state index in [1.165, 1.54) is 12.4 Å². The number of hydrogen-bond acceptors (Lipinski definition) is 6. The van der Waals surface area contributed by atoms with Gasteiger partial charge in [-0.2, -0.15) is 4.98 Å². The number of hydrogen-bond donors (Lipinski definition) is 1. The van der Waals surface area contributed by atoms with Crippen LogP contribution in [-0.4, -0.2) is 20.1 Å². The molecular formula is C12H7Cl2N5O. The summed E-state index contributed by atoms with van der Waals surface area (Å²) >= 11 is 11.8. The molecule has 3 rings (SSSR count). The van der Waals surface area contributed by atoms with Crippen LogP contribution in [-0.2, 0) is 0 Å². The SMILES string of the molecule is Nc1cnccc1-c1nc(-c2ncc(Cl)cc2Cl)no1. The highest BCUT2D eigenvalue weighted by Crippen LogP contribution is 2.29. The average molecular weight is 308 g/mol. The summed E-state index contributed by atoms with van der Waals surface area (Å²) in [4.78, 5) is 12.2. The zero-order valence-corrected chi connectivity index (χ0v) is 11.4. The van der Waals surface area contributed by atoms with Gasteiger partial charge in [0.2, 0.25) is 5.82 Å². The average Bonchev–Trinajstić information content (AvgIpc) is 2.88. The number of anilines is 1. The van der Waals surface area contributed by atoms with Gasteiger partial charge in [0, 0.05) is 12.4 Å². The van der Waals surface area contributed by atoms with Crippen LogP contribution in [0.3, 0.4) is 0 Å². The van der Waals surface area contributed by atoms with Crippen molar-refractivity contribution in [3.8, 4) is 23.0 Å². The lowest BCUT2D eigenvalue weighted by Crippen LogP contribution is -1.91. The molecule has 0 spiro atoms. The Bertz CT molecular complexity index is 774. The number of nitrogens with two attached hydrogens (primary N) is 1. The van der Waals surface area contributed by atoms with Gasteiger partial charge in [0.25, 0.3) is 5.89 Å². The van der Waals surface area contributed by atoms with E-state index >= 15 is 0 Å². The van der Waals surface area contributed by atoms with Crippen molar-refractivity contribution in [2.24, 2.45) is 0 Å². The smallest absolute Gasteiger partial charge is 0.260 e. The molecule has 8 heteroatoms. The van der Waals surface area contributed by atoms with E-state index in [4.69, 9.17) is 33.5 Å². The Morgan fingerprint density at radius 3 is 2.80 bits per heavy atom. The number of halogens is 2. The van der Waals surface area contributed by atoms with Gasteiger partial charge in [-0.1, -0.05) is 28.4 Å². The molecule has 0 atom stereocenters. The Labute approximate surface area is 123 Å². The van der Waals surface area contributed by atoms with Crippen LogP contribution < -0.4 is 5.73 Å². The zero-order valence-electron chi connectivity index (χ0n) is 9.92. The van der Waals surface area contributed by atoms with Crippen LogP contribution in [0.25, 0.3) is 23.0 Å². The zero-order chi connectivity index (χ0) is 14.1. The molecule has 0 bridgehead atoms. The third-order valence-corrected chi connectivity index (χ3v) is 3.02. The summed E-state index contributed by atoms with van der Waals surface area (Å²) in [6.45, 7) is 0. The Balaban J connectivity index is 2.04. The van der Waals surface area contributed by atoms with E-state index in [1.54, 1.807) is 18.3 Å². The predicted molar refractivity (Wildman–Crippen MR) is 75.2 cm³/mol. The van der Waals surface area contributed by atoms with Gasteiger partial charge in [0.05, 0.1) is 27.5 Å². The Morgan fingerprint density at radius 2 is 2.05 bits per heavy atom. The molecule has 0 radical (unpaired) electrons. The first-order valence-corrected chi connectivity index (χ1v) is 6.25. The van der Waals surface area contributed by atoms with Crippen molar-refractivity contribution in [3.05, 3.63) is 40.8 Å². The highest BCUT2D eigenvalue weighted by molar-refractivity contribution is 6.35. The van der Waals surface area contributed by atoms with Crippen LogP contribution in [0.2, 0.25) is 10.0 Å². The predicted octanol–water partition coefficient (Wildman–Crippen LogP) is 3.08. The lowest BCUT2D eigenvalue weighted by molar-refractivity contribution is 0.432. The van der Waals surface area contributed by atoms with E-state index in [2.05, 4.69) is 20.1 Å². The molecule has 0 aliphatic carbocycles. The molecule has 0 fully saturated rings. The molecule has 0 saturated carbocycles. The third kappa shape index (κ3) is 2.31. The second-order valence-electron chi connectivity index (χ2n) is 3.87. The molecular weight excluding hydrogens is 301 g/mol. The second kappa shape index (κ2) is 5.07. The van der Waals surface area contributed by atoms with Crippen molar-refractivity contribution in [2.45, 2.75) is 0 Å². The summed E-state index contributed by atoms with van der Waals surface area (Å²) < 4.78 is 5.17. The van der Waals surface area contributed by atoms with Crippen LogP contribution in [0, 0.1) is 0 Å². The van der Waals surface area contributed by atoms with Crippen LogP contribution >= 0.6 is 23.2 Å². The topological polar surface area (TPSA) is 90.7 Å². The van der Waals surface area contributed by atoms with Crippen molar-refractivity contribution < 1.29 is 4.52 Å². The fourth-order valence-electron chi connectivity index (χ4n) is 1.61. The first kappa shape index (κ1) is 12.8. The van der Waals surface area contributed by atoms with Crippen molar-refractivity contribution >= 4 is 28.9 Å². The molecule has 0 aliphatic heterocycles. The Morgan fingerprint density at radius 1 is 1.20 bits per heavy atom. The number of aromatic nitrogens is 4. The molecule has 0 aromatic carbocycles. The molecule has 3 aromatic rings. The van der Waals surface area contributed by atoms with Crippen molar-refractivity contribution in [1.29, 1.82) is 0 Å². The molecule has 0 aliphatic rings. The van der Waals surface area contributed by atoms with Crippen LogP contribution in [0.5, 0.6) is 0 Å². The lowest BCUT2D eigenvalue weighted by Gasteiger charge is -1.98. The molecule has 3 heterocycles. The van der Waals surface area contributed by atoms with E-state index in [0.717, 1.165) is 0 Å². The maximum atomic E-state index is 6.05. The van der Waals surface area contributed by atoms with E-state index in [0.29, 0.717) is 27.0 Å². The minimum Gasteiger partial charge on any atom is -0.397 e. The highest BCUT2D eigenvalue weighted by atomic mass is 35.5. The number of nitrogen functional groups attached to an aromatic ring is 1. The molecule has 3 aromatic heterocycles. The third-order valence-electron chi connectivity index (χ3n) is 2.53. The summed E-state index contributed by atoms with van der Waals surface area (Å²) in [5, 5.41) is 4.61. The normalized spacial score (nSPS) is 10.7. The standard InChI is InChI=1S/C12H7Cl2N5O/c13-6-3-8(14)10(17-4-6)11-18-12(20-19-11)7-1-2-16-5-9(7)15/h1-5H,15H2. The molecule has 2 N–H and O–H groups in total. The quantitative estimate of drug-likeness (QED) is 0.782. The summed E-state index contributed by atoms with van der Waals surface area (Å²) in [6.07, 6.45) is 4.55. The minimum atomic E-state index is 0.262. The van der Waals surface area contributed by atoms with Crippen molar-refractivity contribution in [3.63, 3.8) is 0 Å². The van der Waals surface area contributed by atoms with Gasteiger partial charge in [-0.05, 0) is 12.1 Å². The Hall–Kier alpha value is -2.18. The van der Waals surface area contributed by atoms with Crippen LogP contribution in [0.15, 0.2) is 35.2 Å². The second-order valence-corrected chi connectivity index (χ2v) is 4.71. The number of nitrogens with zero attached hydrogens (tertiary/aromatic N) is 4. The molecule has 0 unspecified atom stereocenters. The maximum Gasteiger partial charge on any atom is 0.260 e. The highest BCUT2D eigenvalue weighted by Gasteiger charge is 2.16. The van der Waals surface area contributed by atoms with Gasteiger partial charge in [-0.25, -0.2) is 4.98 Å². The first-order chi connectivity index (χ1) is 9.65. The van der Waals surface area contributed by atoms with E-state index in [1.807, 2.05) is 0 Å². The van der Waals surface area contributed by atoms with E-state index in [-0.39, 0.29) is 11.7 Å². The monoisotopic (exact) mass is 307 g/mol. The summed E-state index contributed by atoms with van der Waals surface area (Å²) in [5.74, 6) is 0.533. The van der Waals surface area contributed by atoms with Gasteiger partial charge >= 0.3 is 0 Å². The lowest BCUT2D eigenvalue weighted by atomic mass is 10.2. The van der Waals surface area contributed by atoms with Gasteiger partial charge in [-0.15, -0.1) is 0 Å². The summed E-state index contributed by atoms with van der Waals surface area (Å²) in [5.41, 5.74) is 7.23. The number of pyridine rings is 2. The fourth-order valence-corrected chi connectivity index (χ4v) is 2.07. The minimum absolute atomic E-state index is 0.262. The van der Waals surface area contributed by atoms with Gasteiger partial charge < -0.3 is 10.3 Å². The molecule has 6 nitrogen and oxygen atoms in total. The van der Waals surface area contributed by atoms with Gasteiger partial charge in [-0.3, -0.25) is 4.98 Å². The fraction of sp³-hybridized carbons (Fsp3) is 0. The van der Waals surface area contributed by atoms with E-state index < -0.39 is 0 Å². The van der Waals surface area contributed by atoms with E-state index in [9.17, 15) is 0 Å². The Kier molecular flexibility index (Phi) is 3.25. The van der Waals surface area contributed by atoms with Crippen LogP contribution in [0.1, 0.15) is 0 Å². The van der Waals surface area contributed by atoms with Crippen molar-refractivity contribution in [1.82, 2.24) is 20.1 Å².